The first kappa shape index (κ1) is 63.0. The Morgan fingerprint density at radius 3 is 2.44 bits per heavy atom. The number of aliphatic hydroxyl groups excluding tert-OH is 2. The van der Waals surface area contributed by atoms with Gasteiger partial charge >= 0.3 is 27.3 Å². The molecule has 3 amide bonds. The maximum atomic E-state index is 13.0. The molecule has 0 spiro atoms. The largest absolute Gasteiger partial charge is 0.469 e. The molecule has 3 aromatic heterocycles. The second-order valence-electron chi connectivity index (χ2n) is 16.7. The van der Waals surface area contributed by atoms with Crippen molar-refractivity contribution < 1.29 is 86.1 Å². The zero-order valence-corrected chi connectivity index (χ0v) is 45.5. The van der Waals surface area contributed by atoms with Crippen LogP contribution < -0.4 is 33.1 Å². The number of carbonyl (C=O) groups is 4. The van der Waals surface area contributed by atoms with Crippen molar-refractivity contribution in [3.8, 4) is 23.7 Å². The number of phosphoric ester groups is 2. The summed E-state index contributed by atoms with van der Waals surface area (Å²) in [6, 6.07) is 0.751. The van der Waals surface area contributed by atoms with E-state index in [2.05, 4.69) is 71.7 Å². The van der Waals surface area contributed by atoms with E-state index in [9.17, 15) is 53.1 Å². The van der Waals surface area contributed by atoms with Gasteiger partial charge in [-0.05, 0) is 38.2 Å². The summed E-state index contributed by atoms with van der Waals surface area (Å²) in [4.78, 5) is 111. The van der Waals surface area contributed by atoms with Crippen LogP contribution in [0, 0.1) is 23.7 Å². The van der Waals surface area contributed by atoms with Crippen LogP contribution in [0.2, 0.25) is 0 Å². The number of aliphatic hydroxyl groups is 2. The number of ether oxygens (including phenoxy) is 4. The minimum Gasteiger partial charge on any atom is -0.452 e. The molecule has 2 aliphatic heterocycles. The van der Waals surface area contributed by atoms with Crippen molar-refractivity contribution in [1.29, 1.82) is 0 Å². The third kappa shape index (κ3) is 20.1. The maximum Gasteiger partial charge on any atom is 0.469 e. The summed E-state index contributed by atoms with van der Waals surface area (Å²) in [5.74, 6) is 9.92. The highest BCUT2D eigenvalue weighted by molar-refractivity contribution is 8.76. The number of esters is 1. The Bertz CT molecular complexity index is 2820. The van der Waals surface area contributed by atoms with Gasteiger partial charge in [0.1, 0.15) is 66.4 Å². The van der Waals surface area contributed by atoms with Crippen LogP contribution in [0.25, 0.3) is 11.0 Å². The molecule has 13 N–H and O–H groups in total. The van der Waals surface area contributed by atoms with Gasteiger partial charge in [0, 0.05) is 50.1 Å². The Morgan fingerprint density at radius 1 is 0.935 bits per heavy atom. The van der Waals surface area contributed by atoms with Crippen LogP contribution in [0.3, 0.4) is 0 Å². The Balaban J connectivity index is 0.974. The number of phosphoric acid groups is 2. The third-order valence-electron chi connectivity index (χ3n) is 11.1. The van der Waals surface area contributed by atoms with Crippen molar-refractivity contribution in [2.24, 2.45) is 0 Å². The number of hydrogen-bond acceptors (Lipinski definition) is 23. The Morgan fingerprint density at radius 2 is 1.71 bits per heavy atom. The van der Waals surface area contributed by atoms with E-state index in [1.807, 2.05) is 0 Å². The van der Waals surface area contributed by atoms with E-state index in [4.69, 9.17) is 44.7 Å². The van der Waals surface area contributed by atoms with Crippen molar-refractivity contribution in [3.05, 3.63) is 40.3 Å². The predicted molar refractivity (Wildman–Crippen MR) is 280 cm³/mol. The highest BCUT2D eigenvalue weighted by Gasteiger charge is 2.45. The van der Waals surface area contributed by atoms with Crippen molar-refractivity contribution >= 4 is 96.2 Å². The molecule has 5 heterocycles. The van der Waals surface area contributed by atoms with E-state index in [0.717, 1.165) is 10.8 Å². The quantitative estimate of drug-likeness (QED) is 0.0104. The number of carbonyl (C=O) groups excluding carboxylic acids is 4. The number of fused-ring (bicyclic) bond motifs is 1. The number of nitrogens with zero attached hydrogens (tertiary/aromatic N) is 5. The second kappa shape index (κ2) is 30.5. The van der Waals surface area contributed by atoms with E-state index >= 15 is 0 Å². The molecule has 77 heavy (non-hydrogen) atoms. The van der Waals surface area contributed by atoms with E-state index in [-0.39, 0.29) is 80.2 Å². The number of rotatable bonds is 28. The van der Waals surface area contributed by atoms with Crippen LogP contribution in [0.1, 0.15) is 75.6 Å². The number of unbranched alkanes of at least 4 members (excludes halogenated alkanes) is 2. The van der Waals surface area contributed by atoms with E-state index in [1.54, 1.807) is 13.0 Å². The lowest BCUT2D eigenvalue weighted by molar-refractivity contribution is -0.142. The van der Waals surface area contributed by atoms with Gasteiger partial charge in [-0.2, -0.15) is 17.6 Å². The fraction of sp³-hybridized carbons (Fsp3) is 0.581. The van der Waals surface area contributed by atoms with Crippen molar-refractivity contribution in [2.45, 2.75) is 101 Å². The molecule has 2 saturated heterocycles. The molecular weight excluding hydrogens is 1120 g/mol. The molecule has 0 radical (unpaired) electrons. The van der Waals surface area contributed by atoms with Crippen molar-refractivity contribution in [3.63, 3.8) is 0 Å². The Kier molecular flexibility index (Phi) is 25.0. The molecule has 0 aromatic carbocycles. The molecule has 0 bridgehead atoms. The van der Waals surface area contributed by atoms with Gasteiger partial charge in [0.2, 0.25) is 17.7 Å². The van der Waals surface area contributed by atoms with Gasteiger partial charge in [0.25, 0.3) is 0 Å². The smallest absolute Gasteiger partial charge is 0.452 e. The lowest BCUT2D eigenvalue weighted by atomic mass is 10.1. The minimum atomic E-state index is -5.10. The average Bonchev–Trinajstić information content (AvgIpc) is 4.03. The number of anilines is 2. The number of nitrogens with one attached hydrogen (secondary N) is 3. The molecule has 424 valence electrons. The first-order chi connectivity index (χ1) is 36.6. The summed E-state index contributed by atoms with van der Waals surface area (Å²) in [6.45, 7) is 1.32. The number of hydrogen-bond donors (Lipinski definition) is 12. The lowest BCUT2D eigenvalue weighted by Gasteiger charge is -2.19. The predicted octanol–water partition coefficient (Wildman–Crippen LogP) is -1.00. The number of thiol groups is 1. The minimum absolute atomic E-state index is 0.0326. The highest BCUT2D eigenvalue weighted by Crippen LogP contribution is 2.45. The summed E-state index contributed by atoms with van der Waals surface area (Å²) in [6.07, 6.45) is -4.27. The molecule has 5 rings (SSSR count). The normalized spacial score (nSPS) is 20.6. The molecule has 8 unspecified atom stereocenters. The van der Waals surface area contributed by atoms with E-state index in [0.29, 0.717) is 54.8 Å². The van der Waals surface area contributed by atoms with Gasteiger partial charge in [-0.15, -0.1) is 0 Å². The van der Waals surface area contributed by atoms with Gasteiger partial charge in [-0.3, -0.25) is 37.4 Å². The summed E-state index contributed by atoms with van der Waals surface area (Å²) in [5.41, 5.74) is 11.7. The van der Waals surface area contributed by atoms with Crippen LogP contribution in [-0.2, 0) is 56.3 Å². The number of nitrogens with two attached hydrogens (primary N) is 2. The molecule has 2 fully saturated rings. The molecule has 2 aliphatic rings. The topological polar surface area (TPSA) is 433 Å². The van der Waals surface area contributed by atoms with Gasteiger partial charge in [-0.1, -0.05) is 45.8 Å². The lowest BCUT2D eigenvalue weighted by Crippen LogP contribution is -2.48. The summed E-state index contributed by atoms with van der Waals surface area (Å²) < 4.78 is 56.4. The van der Waals surface area contributed by atoms with Crippen LogP contribution >= 0.6 is 49.9 Å². The first-order valence-electron chi connectivity index (χ1n) is 23.6. The first-order valence-corrected chi connectivity index (χ1v) is 29.8. The molecular formula is C43H60N10O19P2S3. The SMILES string of the molecule is CCOCC1OC(n2c(C#CCOC(=O)CCCSSCC(NC(=O)CS)C(=O)NCCCCCC(=O)NCC#Cc3cn(C4CC(OP(=O)(O)O)C(COP(=O)(O)O)O4)c(=O)nc3N)cc3c(N)ncnc32)C(O)C1O. The number of nitrogen functional groups attached to an aromatic ring is 2. The van der Waals surface area contributed by atoms with Crippen LogP contribution in [0.15, 0.2) is 23.4 Å². The standard InChI is InChI=1S/C43H60N10O19P2S3/c1-2-67-20-31-36(57)37(58)42(71-31)53-26(17-27-39(45)48-24-49-40(27)53)10-7-15-68-35(56)12-8-16-76-77-23-28(50-33(55)22-75)41(59)47-13-5-3-4-11-32(54)46-14-6-9-25-19-52(43(60)51-38(25)44)34-18-29(72-74(64,65)66)30(70-34)21-69-73(61,62)63/h17,19,24,28-31,34,36-37,42,57-58,75H,2-5,8,11-16,18,20-23H2,1H3,(H,46,54)(H,47,59)(H,50,55)(H2,44,51,60)(H2,45,48,49)(H2,61,62,63)(H2,64,65,66). The van der Waals surface area contributed by atoms with Crippen molar-refractivity contribution in [2.75, 3.05) is 68.2 Å². The number of aromatic nitrogens is 5. The summed E-state index contributed by atoms with van der Waals surface area (Å²) >= 11 is 3.99. The summed E-state index contributed by atoms with van der Waals surface area (Å²) in [7, 11) is -7.36. The second-order valence-corrected chi connectivity index (χ2v) is 22.1. The third-order valence-corrected chi connectivity index (χ3v) is 14.9. The fourth-order valence-electron chi connectivity index (χ4n) is 7.46. The van der Waals surface area contributed by atoms with Gasteiger partial charge in [-0.25, -0.2) is 23.9 Å². The summed E-state index contributed by atoms with van der Waals surface area (Å²) in [5, 5.41) is 30.0. The van der Waals surface area contributed by atoms with Gasteiger partial charge < -0.3 is 76.2 Å². The van der Waals surface area contributed by atoms with Gasteiger partial charge in [0.15, 0.2) is 12.8 Å². The monoisotopic (exact) mass is 1180 g/mol. The van der Waals surface area contributed by atoms with Crippen LogP contribution in [0.5, 0.6) is 0 Å². The molecule has 0 saturated carbocycles. The van der Waals surface area contributed by atoms with E-state index in [1.165, 1.54) is 32.5 Å². The molecule has 0 aliphatic carbocycles. The Labute approximate surface area is 453 Å². The number of amides is 3. The zero-order chi connectivity index (χ0) is 56.3. The zero-order valence-electron chi connectivity index (χ0n) is 41.2. The van der Waals surface area contributed by atoms with Crippen LogP contribution in [0.4, 0.5) is 11.6 Å². The fourth-order valence-corrected chi connectivity index (χ4v) is 10.7. The highest BCUT2D eigenvalue weighted by atomic mass is 33.1. The maximum absolute atomic E-state index is 13.0. The molecule has 8 atom stereocenters. The molecule has 34 heteroatoms. The van der Waals surface area contributed by atoms with Crippen molar-refractivity contribution in [1.82, 2.24) is 40.0 Å². The van der Waals surface area contributed by atoms with Crippen LogP contribution in [-0.4, -0.2) is 171 Å². The van der Waals surface area contributed by atoms with E-state index < -0.39 is 94.7 Å². The average molecular weight is 1180 g/mol. The molecule has 29 nitrogen and oxygen atoms in total. The molecule has 3 aromatic rings. The Hall–Kier alpha value is -4.83. The van der Waals surface area contributed by atoms with Gasteiger partial charge in [0.05, 0.1) is 42.2 Å².